The van der Waals surface area contributed by atoms with Gasteiger partial charge in [0.1, 0.15) is 5.82 Å². The maximum Gasteiger partial charge on any atom is 0.141 e. The number of nitrogens with zero attached hydrogens (tertiary/aromatic N) is 3. The standard InChI is InChI=1S/C11H11N3/c1-9(10-5-3-4-6-12-10)11-13-7-8-14(11)2/h3-8H,1H2,2H3. The first-order chi connectivity index (χ1) is 6.79. The van der Waals surface area contributed by atoms with Crippen LogP contribution in [0.25, 0.3) is 5.57 Å². The minimum absolute atomic E-state index is 0.845. The Morgan fingerprint density at radius 1 is 1.29 bits per heavy atom. The van der Waals surface area contributed by atoms with Crippen molar-refractivity contribution in [1.82, 2.24) is 14.5 Å². The molecule has 0 amide bonds. The molecular formula is C11H11N3. The summed E-state index contributed by atoms with van der Waals surface area (Å²) in [5.74, 6) is 0.851. The summed E-state index contributed by atoms with van der Waals surface area (Å²) in [6.07, 6.45) is 5.40. The zero-order valence-corrected chi connectivity index (χ0v) is 8.01. The van der Waals surface area contributed by atoms with E-state index in [1.807, 2.05) is 36.0 Å². The van der Waals surface area contributed by atoms with Crippen molar-refractivity contribution in [2.45, 2.75) is 0 Å². The van der Waals surface area contributed by atoms with Gasteiger partial charge in [-0.2, -0.15) is 0 Å². The fourth-order valence-corrected chi connectivity index (χ4v) is 1.31. The summed E-state index contributed by atoms with van der Waals surface area (Å²) in [4.78, 5) is 8.44. The van der Waals surface area contributed by atoms with Gasteiger partial charge in [0.25, 0.3) is 0 Å². The van der Waals surface area contributed by atoms with Crippen molar-refractivity contribution in [2.75, 3.05) is 0 Å². The van der Waals surface area contributed by atoms with Gasteiger partial charge in [-0.1, -0.05) is 12.6 Å². The summed E-state index contributed by atoms with van der Waals surface area (Å²) in [5.41, 5.74) is 1.71. The van der Waals surface area contributed by atoms with Crippen LogP contribution in [-0.4, -0.2) is 14.5 Å². The van der Waals surface area contributed by atoms with Crippen LogP contribution in [0.15, 0.2) is 43.4 Å². The highest BCUT2D eigenvalue weighted by Crippen LogP contribution is 2.16. The van der Waals surface area contributed by atoms with Gasteiger partial charge < -0.3 is 4.57 Å². The first-order valence-corrected chi connectivity index (χ1v) is 4.37. The molecule has 3 heteroatoms. The Labute approximate surface area is 82.8 Å². The third-order valence-electron chi connectivity index (χ3n) is 2.07. The van der Waals surface area contributed by atoms with Crippen LogP contribution in [0.3, 0.4) is 0 Å². The average molecular weight is 185 g/mol. The molecule has 0 saturated heterocycles. The summed E-state index contributed by atoms with van der Waals surface area (Å²) >= 11 is 0. The van der Waals surface area contributed by atoms with Crippen LogP contribution in [0, 0.1) is 0 Å². The van der Waals surface area contributed by atoms with E-state index in [4.69, 9.17) is 0 Å². The van der Waals surface area contributed by atoms with E-state index in [2.05, 4.69) is 16.5 Å². The molecule has 2 aromatic heterocycles. The molecule has 0 spiro atoms. The average Bonchev–Trinajstić information content (AvgIpc) is 2.65. The number of hydrogen-bond donors (Lipinski definition) is 0. The first-order valence-electron chi connectivity index (χ1n) is 4.37. The van der Waals surface area contributed by atoms with Gasteiger partial charge in [-0.25, -0.2) is 4.98 Å². The van der Waals surface area contributed by atoms with Gasteiger partial charge in [0.05, 0.1) is 5.69 Å². The predicted molar refractivity (Wildman–Crippen MR) is 55.6 cm³/mol. The topological polar surface area (TPSA) is 30.7 Å². The molecule has 0 unspecified atom stereocenters. The van der Waals surface area contributed by atoms with E-state index in [1.165, 1.54) is 0 Å². The molecule has 70 valence electrons. The number of hydrogen-bond acceptors (Lipinski definition) is 2. The van der Waals surface area contributed by atoms with Gasteiger partial charge in [-0.15, -0.1) is 0 Å². The summed E-state index contributed by atoms with van der Waals surface area (Å²) in [6, 6.07) is 5.75. The van der Waals surface area contributed by atoms with Crippen LogP contribution < -0.4 is 0 Å². The zero-order chi connectivity index (χ0) is 9.97. The summed E-state index contributed by atoms with van der Waals surface area (Å²) in [5, 5.41) is 0. The largest absolute Gasteiger partial charge is 0.334 e. The Hall–Kier alpha value is -1.90. The number of aromatic nitrogens is 3. The molecule has 2 aromatic rings. The molecule has 0 atom stereocenters. The highest BCUT2D eigenvalue weighted by atomic mass is 15.0. The lowest BCUT2D eigenvalue weighted by Gasteiger charge is -2.04. The molecule has 2 rings (SSSR count). The molecule has 0 saturated carbocycles. The van der Waals surface area contributed by atoms with Gasteiger partial charge >= 0.3 is 0 Å². The van der Waals surface area contributed by atoms with Crippen molar-refractivity contribution < 1.29 is 0 Å². The van der Waals surface area contributed by atoms with E-state index in [-0.39, 0.29) is 0 Å². The van der Waals surface area contributed by atoms with Crippen LogP contribution in [-0.2, 0) is 7.05 Å². The molecule has 0 aromatic carbocycles. The molecular weight excluding hydrogens is 174 g/mol. The second kappa shape index (κ2) is 3.46. The van der Waals surface area contributed by atoms with Gasteiger partial charge in [0, 0.05) is 31.2 Å². The first kappa shape index (κ1) is 8.69. The van der Waals surface area contributed by atoms with Crippen molar-refractivity contribution in [3.8, 4) is 0 Å². The van der Waals surface area contributed by atoms with Crippen LogP contribution in [0.4, 0.5) is 0 Å². The van der Waals surface area contributed by atoms with Crippen molar-refractivity contribution in [1.29, 1.82) is 0 Å². The molecule has 2 heterocycles. The quantitative estimate of drug-likeness (QED) is 0.715. The third kappa shape index (κ3) is 1.44. The van der Waals surface area contributed by atoms with Gasteiger partial charge in [0.15, 0.2) is 0 Å². The number of pyridine rings is 1. The second-order valence-corrected chi connectivity index (χ2v) is 3.06. The van der Waals surface area contributed by atoms with Crippen molar-refractivity contribution in [3.63, 3.8) is 0 Å². The van der Waals surface area contributed by atoms with Gasteiger partial charge in [-0.05, 0) is 12.1 Å². The lowest BCUT2D eigenvalue weighted by Crippen LogP contribution is -1.98. The minimum Gasteiger partial charge on any atom is -0.334 e. The maximum atomic E-state index is 4.22. The van der Waals surface area contributed by atoms with E-state index in [0.717, 1.165) is 17.1 Å². The molecule has 0 N–H and O–H groups in total. The molecule has 0 aliphatic rings. The SMILES string of the molecule is C=C(c1ccccn1)c1nccn1C. The van der Waals surface area contributed by atoms with E-state index < -0.39 is 0 Å². The maximum absolute atomic E-state index is 4.22. The van der Waals surface area contributed by atoms with Crippen molar-refractivity contribution in [2.24, 2.45) is 7.05 Å². The summed E-state index contributed by atoms with van der Waals surface area (Å²) < 4.78 is 1.93. The fraction of sp³-hybridized carbons (Fsp3) is 0.0909. The van der Waals surface area contributed by atoms with Crippen molar-refractivity contribution in [3.05, 3.63) is 54.9 Å². The summed E-state index contributed by atoms with van der Waals surface area (Å²) in [6.45, 7) is 3.98. The second-order valence-electron chi connectivity index (χ2n) is 3.06. The highest BCUT2D eigenvalue weighted by molar-refractivity contribution is 5.71. The normalized spacial score (nSPS) is 10.1. The van der Waals surface area contributed by atoms with Crippen LogP contribution >= 0.6 is 0 Å². The molecule has 14 heavy (non-hydrogen) atoms. The lowest BCUT2D eigenvalue weighted by molar-refractivity contribution is 0.889. The molecule has 0 bridgehead atoms. The van der Waals surface area contributed by atoms with Crippen LogP contribution in [0.1, 0.15) is 11.5 Å². The van der Waals surface area contributed by atoms with Crippen LogP contribution in [0.2, 0.25) is 0 Å². The van der Waals surface area contributed by atoms with Gasteiger partial charge in [0.2, 0.25) is 0 Å². The Kier molecular flexibility index (Phi) is 2.14. The van der Waals surface area contributed by atoms with E-state index in [0.29, 0.717) is 0 Å². The van der Waals surface area contributed by atoms with E-state index in [9.17, 15) is 0 Å². The molecule has 0 aliphatic carbocycles. The smallest absolute Gasteiger partial charge is 0.141 e. The van der Waals surface area contributed by atoms with E-state index >= 15 is 0 Å². The molecule has 0 radical (unpaired) electrons. The Morgan fingerprint density at radius 2 is 2.14 bits per heavy atom. The summed E-state index contributed by atoms with van der Waals surface area (Å²) in [7, 11) is 1.94. The van der Waals surface area contributed by atoms with E-state index in [1.54, 1.807) is 12.4 Å². The Bertz CT molecular complexity index is 443. The Morgan fingerprint density at radius 3 is 2.71 bits per heavy atom. The highest BCUT2D eigenvalue weighted by Gasteiger charge is 2.06. The molecule has 0 fully saturated rings. The third-order valence-corrected chi connectivity index (χ3v) is 2.07. The number of imidazole rings is 1. The van der Waals surface area contributed by atoms with Crippen molar-refractivity contribution >= 4 is 5.57 Å². The predicted octanol–water partition coefficient (Wildman–Crippen LogP) is 1.88. The fourth-order valence-electron chi connectivity index (χ4n) is 1.31. The molecule has 3 nitrogen and oxygen atoms in total. The Balaban J connectivity index is 2.39. The van der Waals surface area contributed by atoms with Crippen LogP contribution in [0.5, 0.6) is 0 Å². The zero-order valence-electron chi connectivity index (χ0n) is 8.01. The molecule has 0 aliphatic heterocycles. The number of aryl methyl sites for hydroxylation is 1. The monoisotopic (exact) mass is 185 g/mol. The minimum atomic E-state index is 0.845. The van der Waals surface area contributed by atoms with Gasteiger partial charge in [-0.3, -0.25) is 4.98 Å². The lowest BCUT2D eigenvalue weighted by atomic mass is 10.2. The number of rotatable bonds is 2.